The number of nitrogens with zero attached hydrogens (tertiary/aromatic N) is 2. The van der Waals surface area contributed by atoms with Crippen LogP contribution in [0.25, 0.3) is 0 Å². The Kier molecular flexibility index (Phi) is 8.82. The average Bonchev–Trinajstić information content (AvgIpc) is 3.38. The smallest absolute Gasteiger partial charge is 0.322 e. The van der Waals surface area contributed by atoms with Gasteiger partial charge in [-0.15, -0.1) is 11.3 Å². The molecule has 1 aliphatic rings. The van der Waals surface area contributed by atoms with Gasteiger partial charge in [0.15, 0.2) is 0 Å². The number of fused-ring (bicyclic) bond motifs is 1. The number of carbonyl (C=O) groups is 2. The minimum atomic E-state index is -0.327. The summed E-state index contributed by atoms with van der Waals surface area (Å²) >= 11 is 1.68. The van der Waals surface area contributed by atoms with Crippen LogP contribution in [0, 0.1) is 18.7 Å². The number of halogens is 1. The van der Waals surface area contributed by atoms with Crippen molar-refractivity contribution in [3.8, 4) is 5.75 Å². The van der Waals surface area contributed by atoms with Crippen molar-refractivity contribution in [2.45, 2.75) is 39.7 Å². The Morgan fingerprint density at radius 3 is 2.59 bits per heavy atom. The third kappa shape index (κ3) is 6.89. The summed E-state index contributed by atoms with van der Waals surface area (Å²) in [7, 11) is 0. The predicted octanol–water partition coefficient (Wildman–Crippen LogP) is 6.28. The second-order valence-corrected chi connectivity index (χ2v) is 10.6. The van der Waals surface area contributed by atoms with Gasteiger partial charge in [0, 0.05) is 23.7 Å². The monoisotopic (exact) mass is 523 g/mol. The highest BCUT2D eigenvalue weighted by molar-refractivity contribution is 7.10. The van der Waals surface area contributed by atoms with Gasteiger partial charge in [-0.05, 0) is 72.7 Å². The normalized spacial score (nSPS) is 15.6. The van der Waals surface area contributed by atoms with Crippen LogP contribution < -0.4 is 10.1 Å². The van der Waals surface area contributed by atoms with E-state index in [1.807, 2.05) is 47.5 Å². The Morgan fingerprint density at radius 1 is 1.16 bits per heavy atom. The molecule has 2 heterocycles. The fourth-order valence-corrected chi connectivity index (χ4v) is 5.33. The largest absolute Gasteiger partial charge is 0.491 e. The third-order valence-electron chi connectivity index (χ3n) is 6.78. The third-order valence-corrected chi connectivity index (χ3v) is 7.78. The van der Waals surface area contributed by atoms with Gasteiger partial charge in [0.2, 0.25) is 5.91 Å². The molecule has 0 fully saturated rings. The van der Waals surface area contributed by atoms with Crippen LogP contribution in [0.15, 0.2) is 60.0 Å². The number of aryl methyl sites for hydroxylation is 1. The molecule has 8 heteroatoms. The Balaban J connectivity index is 1.50. The number of benzene rings is 2. The van der Waals surface area contributed by atoms with Gasteiger partial charge in [0.25, 0.3) is 0 Å². The molecule has 0 bridgehead atoms. The summed E-state index contributed by atoms with van der Waals surface area (Å²) in [6.07, 6.45) is 1.67. The van der Waals surface area contributed by atoms with E-state index in [1.54, 1.807) is 28.4 Å². The predicted molar refractivity (Wildman–Crippen MR) is 146 cm³/mol. The summed E-state index contributed by atoms with van der Waals surface area (Å²) in [5, 5.41) is 4.98. The van der Waals surface area contributed by atoms with Gasteiger partial charge in [-0.25, -0.2) is 9.18 Å². The standard InChI is InChI=1S/C29H34FN3O3S/c1-4-20(2)17-32(29(35)31-23-9-5-21(3)6-10-23)18-28(34)33-15-13-27-25(14-16-37-27)26(33)19-36-24-11-7-22(30)8-12-24/h5-12,14,16,20,26H,4,13,15,17-19H2,1-3H3,(H,31,35)/t20-,26-/m1/s1. The highest BCUT2D eigenvalue weighted by Gasteiger charge is 2.33. The zero-order valence-electron chi connectivity index (χ0n) is 21.6. The molecular formula is C29H34FN3O3S. The number of nitrogens with one attached hydrogen (secondary N) is 1. The number of hydrogen-bond acceptors (Lipinski definition) is 4. The molecule has 0 saturated heterocycles. The number of urea groups is 1. The zero-order valence-corrected chi connectivity index (χ0v) is 22.4. The summed E-state index contributed by atoms with van der Waals surface area (Å²) in [6, 6.07) is 15.0. The van der Waals surface area contributed by atoms with Crippen molar-refractivity contribution >= 4 is 29.0 Å². The molecule has 4 rings (SSSR count). The Bertz CT molecular complexity index is 1200. The highest BCUT2D eigenvalue weighted by Crippen LogP contribution is 2.34. The quantitative estimate of drug-likeness (QED) is 0.359. The molecule has 2 atom stereocenters. The molecule has 3 amide bonds. The van der Waals surface area contributed by atoms with Crippen LogP contribution in [-0.2, 0) is 11.2 Å². The van der Waals surface area contributed by atoms with Gasteiger partial charge >= 0.3 is 6.03 Å². The van der Waals surface area contributed by atoms with Crippen LogP contribution in [0.4, 0.5) is 14.9 Å². The van der Waals surface area contributed by atoms with Crippen molar-refractivity contribution < 1.29 is 18.7 Å². The number of hydrogen-bond donors (Lipinski definition) is 1. The molecule has 0 spiro atoms. The van der Waals surface area contributed by atoms with E-state index in [9.17, 15) is 14.0 Å². The van der Waals surface area contributed by atoms with Gasteiger partial charge in [-0.1, -0.05) is 38.0 Å². The van der Waals surface area contributed by atoms with E-state index in [0.29, 0.717) is 24.5 Å². The number of anilines is 1. The molecule has 196 valence electrons. The van der Waals surface area contributed by atoms with Crippen molar-refractivity contribution in [1.29, 1.82) is 0 Å². The van der Waals surface area contributed by atoms with Crippen LogP contribution in [-0.4, -0.2) is 48.0 Å². The van der Waals surface area contributed by atoms with Crippen LogP contribution >= 0.6 is 11.3 Å². The molecule has 0 saturated carbocycles. The minimum Gasteiger partial charge on any atom is -0.491 e. The maximum absolute atomic E-state index is 13.7. The van der Waals surface area contributed by atoms with E-state index < -0.39 is 0 Å². The lowest BCUT2D eigenvalue weighted by molar-refractivity contribution is -0.135. The Morgan fingerprint density at radius 2 is 1.89 bits per heavy atom. The number of thiophene rings is 1. The van der Waals surface area contributed by atoms with Crippen molar-refractivity contribution in [1.82, 2.24) is 9.80 Å². The Labute approximate surface area is 222 Å². The summed E-state index contributed by atoms with van der Waals surface area (Å²) in [6.45, 7) is 7.42. The fraction of sp³-hybridized carbons (Fsp3) is 0.379. The maximum Gasteiger partial charge on any atom is 0.322 e. The second kappa shape index (κ2) is 12.2. The van der Waals surface area contributed by atoms with E-state index >= 15 is 0 Å². The fourth-order valence-electron chi connectivity index (χ4n) is 4.40. The zero-order chi connectivity index (χ0) is 26.4. The van der Waals surface area contributed by atoms with E-state index in [1.165, 1.54) is 17.0 Å². The molecule has 0 aliphatic carbocycles. The molecule has 37 heavy (non-hydrogen) atoms. The van der Waals surface area contributed by atoms with Gasteiger partial charge in [-0.2, -0.15) is 0 Å². The maximum atomic E-state index is 13.7. The molecule has 1 aromatic heterocycles. The first-order valence-corrected chi connectivity index (χ1v) is 13.6. The molecule has 1 N–H and O–H groups in total. The van der Waals surface area contributed by atoms with Crippen LogP contribution in [0.1, 0.15) is 42.3 Å². The summed E-state index contributed by atoms with van der Waals surface area (Å²) in [5.41, 5.74) is 2.88. The minimum absolute atomic E-state index is 0.0193. The Hall–Kier alpha value is -3.39. The van der Waals surface area contributed by atoms with Crippen molar-refractivity contribution in [3.63, 3.8) is 0 Å². The van der Waals surface area contributed by atoms with Crippen LogP contribution in [0.3, 0.4) is 0 Å². The lowest BCUT2D eigenvalue weighted by atomic mass is 10.00. The van der Waals surface area contributed by atoms with Crippen molar-refractivity contribution in [3.05, 3.63) is 81.8 Å². The highest BCUT2D eigenvalue weighted by atomic mass is 32.1. The van der Waals surface area contributed by atoms with E-state index in [0.717, 1.165) is 24.0 Å². The summed E-state index contributed by atoms with van der Waals surface area (Å²) in [4.78, 5) is 31.6. The van der Waals surface area contributed by atoms with Gasteiger partial charge in [-0.3, -0.25) is 4.79 Å². The lowest BCUT2D eigenvalue weighted by Crippen LogP contribution is -2.49. The number of carbonyl (C=O) groups excluding carboxylic acids is 2. The second-order valence-electron chi connectivity index (χ2n) is 9.61. The molecule has 3 aromatic rings. The average molecular weight is 524 g/mol. The molecular weight excluding hydrogens is 489 g/mol. The first-order valence-electron chi connectivity index (χ1n) is 12.7. The van der Waals surface area contributed by atoms with Gasteiger partial charge in [0.05, 0.1) is 6.04 Å². The summed E-state index contributed by atoms with van der Waals surface area (Å²) in [5.74, 6) is 0.352. The summed E-state index contributed by atoms with van der Waals surface area (Å²) < 4.78 is 19.3. The van der Waals surface area contributed by atoms with E-state index in [2.05, 4.69) is 19.2 Å². The number of ether oxygens (including phenoxy) is 1. The van der Waals surface area contributed by atoms with Crippen molar-refractivity contribution in [2.24, 2.45) is 5.92 Å². The molecule has 1 aliphatic heterocycles. The van der Waals surface area contributed by atoms with Crippen LogP contribution in [0.5, 0.6) is 5.75 Å². The van der Waals surface area contributed by atoms with Gasteiger partial charge in [0.1, 0.15) is 24.7 Å². The first-order chi connectivity index (χ1) is 17.8. The number of rotatable bonds is 9. The van der Waals surface area contributed by atoms with Crippen molar-refractivity contribution in [2.75, 3.05) is 31.6 Å². The van der Waals surface area contributed by atoms with E-state index in [4.69, 9.17) is 4.74 Å². The van der Waals surface area contributed by atoms with Gasteiger partial charge < -0.3 is 19.9 Å². The number of amides is 3. The first kappa shape index (κ1) is 26.7. The molecule has 0 radical (unpaired) electrons. The topological polar surface area (TPSA) is 61.9 Å². The SMILES string of the molecule is CC[C@@H](C)CN(CC(=O)N1CCc2sccc2[C@H]1COc1ccc(F)cc1)C(=O)Nc1ccc(C)cc1. The van der Waals surface area contributed by atoms with Crippen LogP contribution in [0.2, 0.25) is 0 Å². The lowest BCUT2D eigenvalue weighted by Gasteiger charge is -2.37. The molecule has 2 aromatic carbocycles. The van der Waals surface area contributed by atoms with E-state index in [-0.39, 0.29) is 42.9 Å². The molecule has 0 unspecified atom stereocenters. The molecule has 6 nitrogen and oxygen atoms in total.